The average Bonchev–Trinajstić information content (AvgIpc) is 2.98. The van der Waals surface area contributed by atoms with E-state index >= 15 is 0 Å². The lowest BCUT2D eigenvalue weighted by Crippen LogP contribution is -2.26. The fourth-order valence-corrected chi connectivity index (χ4v) is 6.01. The topological polar surface area (TPSA) is 63.7 Å². The van der Waals surface area contributed by atoms with E-state index in [0.29, 0.717) is 11.2 Å². The molecule has 0 spiro atoms. The summed E-state index contributed by atoms with van der Waals surface area (Å²) in [5.41, 5.74) is 5.04. The molecule has 0 saturated heterocycles. The van der Waals surface area contributed by atoms with E-state index in [1.165, 1.54) is 23.3 Å². The molecule has 2 aromatic carbocycles. The number of rotatable bonds is 1. The number of hydrogen-bond donors (Lipinski definition) is 0. The predicted octanol–water partition coefficient (Wildman–Crippen LogP) is 9.04. The third-order valence-electron chi connectivity index (χ3n) is 7.10. The summed E-state index contributed by atoms with van der Waals surface area (Å²) in [6, 6.07) is 8.83. The summed E-state index contributed by atoms with van der Waals surface area (Å²) in [5, 5.41) is 1.87. The number of carbonyl (C=O) groups is 2. The number of nitrogens with zero attached hydrogens (tertiary/aromatic N) is 1. The van der Waals surface area contributed by atoms with Crippen molar-refractivity contribution in [3.63, 3.8) is 0 Å². The normalized spacial score (nSPS) is 15.3. The first-order valence-corrected chi connectivity index (χ1v) is 14.4. The first-order valence-electron chi connectivity index (χ1n) is 13.3. The van der Waals surface area contributed by atoms with Gasteiger partial charge in [-0.1, -0.05) is 95.2 Å². The molecule has 1 aliphatic rings. The van der Waals surface area contributed by atoms with E-state index in [4.69, 9.17) is 8.39 Å². The Balaban J connectivity index is 2.38. The van der Waals surface area contributed by atoms with Gasteiger partial charge >= 0.3 is 8.16 Å². The molecule has 1 aromatic heterocycles. The maximum atomic E-state index is 12.8. The summed E-state index contributed by atoms with van der Waals surface area (Å²) in [4.78, 5) is 25.7. The molecule has 204 valence electrons. The summed E-state index contributed by atoms with van der Waals surface area (Å²) in [7, 11) is -2.08. The van der Waals surface area contributed by atoms with Crippen LogP contribution in [0, 0.1) is 0 Å². The fraction of sp³-hybridized carbons (Fsp3) is 0.500. The molecule has 4 rings (SSSR count). The van der Waals surface area contributed by atoms with Gasteiger partial charge in [-0.2, -0.15) is 4.67 Å². The molecule has 3 aromatic rings. The van der Waals surface area contributed by atoms with Gasteiger partial charge in [0.2, 0.25) is 0 Å². The van der Waals surface area contributed by atoms with Gasteiger partial charge in [0.25, 0.3) is 11.8 Å². The molecular weight excluding hydrogens is 493 g/mol. The highest BCUT2D eigenvalue weighted by atomic mass is 31.1. The molecule has 1 aliphatic heterocycles. The molecule has 5 nitrogen and oxygen atoms in total. The second kappa shape index (κ2) is 8.88. The van der Waals surface area contributed by atoms with Gasteiger partial charge in [-0.15, -0.1) is 0 Å². The van der Waals surface area contributed by atoms with Crippen molar-refractivity contribution in [1.82, 2.24) is 0 Å². The number of hydrogen-bond acceptors (Lipinski definition) is 4. The molecule has 0 atom stereocenters. The van der Waals surface area contributed by atoms with Crippen LogP contribution in [0.2, 0.25) is 0 Å². The number of amides is 2. The Labute approximate surface area is 227 Å². The molecule has 2 amide bonds. The summed E-state index contributed by atoms with van der Waals surface area (Å²) in [6.07, 6.45) is 2.57. The SMILES string of the molecule is CC(C)(C)c1cc(C(C)(C)C)c2op(N3C(=O)C=CC3=O)oc3c(C(C)(C)C)cc(C(C)(C)C)cc3c2c1. The molecule has 0 N–H and O–H groups in total. The van der Waals surface area contributed by atoms with Crippen LogP contribution >= 0.6 is 8.16 Å². The van der Waals surface area contributed by atoms with Crippen molar-refractivity contribution in [2.45, 2.75) is 105 Å². The second-order valence-electron chi connectivity index (χ2n) is 14.5. The van der Waals surface area contributed by atoms with Gasteiger partial charge in [0, 0.05) is 34.1 Å². The van der Waals surface area contributed by atoms with Crippen LogP contribution in [0.3, 0.4) is 0 Å². The molecule has 6 heteroatoms. The zero-order valence-corrected chi connectivity index (χ0v) is 25.9. The first-order chi connectivity index (χ1) is 17.2. The van der Waals surface area contributed by atoms with E-state index in [0.717, 1.165) is 26.6 Å². The van der Waals surface area contributed by atoms with Crippen molar-refractivity contribution in [3.8, 4) is 0 Å². The predicted molar refractivity (Wildman–Crippen MR) is 158 cm³/mol. The highest BCUT2D eigenvalue weighted by Crippen LogP contribution is 2.46. The third kappa shape index (κ3) is 5.10. The standard InChI is InChI=1S/C32H42NO4P/c1-29(2,3)19-15-21-22-16-20(30(4,5)6)18-24(32(10,11)12)28(22)37-38(33-25(34)13-14-26(33)35)36-27(21)23(17-19)31(7,8)9/h13-18H,1-12H3. The minimum absolute atomic E-state index is 0.105. The molecule has 0 aliphatic carbocycles. The van der Waals surface area contributed by atoms with Crippen LogP contribution in [0.25, 0.3) is 21.9 Å². The molecule has 38 heavy (non-hydrogen) atoms. The van der Waals surface area contributed by atoms with Gasteiger partial charge in [0.1, 0.15) is 11.2 Å². The van der Waals surface area contributed by atoms with Crippen LogP contribution in [-0.2, 0) is 31.2 Å². The van der Waals surface area contributed by atoms with Gasteiger partial charge in [0.15, 0.2) is 0 Å². The number of benzene rings is 2. The lowest BCUT2D eigenvalue weighted by Gasteiger charge is -2.27. The quantitative estimate of drug-likeness (QED) is 0.292. The fourth-order valence-electron chi connectivity index (χ4n) is 4.64. The number of imide groups is 1. The highest BCUT2D eigenvalue weighted by molar-refractivity contribution is 7.42. The molecule has 0 fully saturated rings. The molecular formula is C32H42NO4P. The second-order valence-corrected chi connectivity index (χ2v) is 15.8. The van der Waals surface area contributed by atoms with Crippen molar-refractivity contribution in [2.24, 2.45) is 0 Å². The Kier molecular flexibility index (Phi) is 6.60. The number of fused-ring (bicyclic) bond motifs is 3. The van der Waals surface area contributed by atoms with Crippen molar-refractivity contribution in [1.29, 1.82) is 0 Å². The van der Waals surface area contributed by atoms with Crippen LogP contribution in [0.5, 0.6) is 0 Å². The summed E-state index contributed by atoms with van der Waals surface area (Å²) in [6.45, 7) is 26.2. The van der Waals surface area contributed by atoms with Gasteiger partial charge in [-0.25, -0.2) is 0 Å². The molecule has 0 radical (unpaired) electrons. The van der Waals surface area contributed by atoms with Crippen LogP contribution in [0.4, 0.5) is 0 Å². The summed E-state index contributed by atoms with van der Waals surface area (Å²) < 4.78 is 14.5. The zero-order chi connectivity index (χ0) is 28.6. The van der Waals surface area contributed by atoms with Gasteiger partial charge in [-0.05, 0) is 44.9 Å². The average molecular weight is 536 g/mol. The zero-order valence-electron chi connectivity index (χ0n) is 25.0. The van der Waals surface area contributed by atoms with E-state index in [9.17, 15) is 9.59 Å². The lowest BCUT2D eigenvalue weighted by atomic mass is 9.77. The van der Waals surface area contributed by atoms with Gasteiger partial charge in [0.05, 0.1) is 0 Å². The van der Waals surface area contributed by atoms with E-state index in [2.05, 4.69) is 107 Å². The maximum absolute atomic E-state index is 12.8. The lowest BCUT2D eigenvalue weighted by molar-refractivity contribution is -0.119. The first kappa shape index (κ1) is 28.2. The Morgan fingerprint density at radius 1 is 0.553 bits per heavy atom. The Bertz CT molecular complexity index is 1420. The van der Waals surface area contributed by atoms with Crippen LogP contribution in [-0.4, -0.2) is 11.8 Å². The van der Waals surface area contributed by atoms with E-state index in [1.54, 1.807) is 0 Å². The summed E-state index contributed by atoms with van der Waals surface area (Å²) in [5.74, 6) is -0.836. The summed E-state index contributed by atoms with van der Waals surface area (Å²) >= 11 is 0. The van der Waals surface area contributed by atoms with Crippen molar-refractivity contribution >= 4 is 41.9 Å². The minimum atomic E-state index is -2.08. The largest absolute Gasteiger partial charge is 0.403 e. The number of carbonyl (C=O) groups excluding carboxylic acids is 2. The minimum Gasteiger partial charge on any atom is -0.403 e. The maximum Gasteiger partial charge on any atom is 0.351 e. The highest BCUT2D eigenvalue weighted by Gasteiger charge is 2.33. The van der Waals surface area contributed by atoms with Crippen LogP contribution in [0.15, 0.2) is 44.8 Å². The van der Waals surface area contributed by atoms with E-state index in [1.807, 2.05) is 0 Å². The third-order valence-corrected chi connectivity index (χ3v) is 8.50. The van der Waals surface area contributed by atoms with E-state index in [-0.39, 0.29) is 21.7 Å². The van der Waals surface area contributed by atoms with Crippen molar-refractivity contribution < 1.29 is 18.0 Å². The van der Waals surface area contributed by atoms with Crippen molar-refractivity contribution in [2.75, 3.05) is 4.67 Å². The van der Waals surface area contributed by atoms with Gasteiger partial charge < -0.3 is 8.39 Å². The molecule has 2 heterocycles. The van der Waals surface area contributed by atoms with Gasteiger partial charge in [-0.3, -0.25) is 9.59 Å². The van der Waals surface area contributed by atoms with Crippen LogP contribution < -0.4 is 4.67 Å². The molecule has 0 unspecified atom stereocenters. The Morgan fingerprint density at radius 2 is 0.895 bits per heavy atom. The van der Waals surface area contributed by atoms with E-state index < -0.39 is 20.0 Å². The molecule has 0 bridgehead atoms. The smallest absolute Gasteiger partial charge is 0.351 e. The Morgan fingerprint density at radius 3 is 1.18 bits per heavy atom. The monoisotopic (exact) mass is 535 g/mol. The molecule has 0 saturated carbocycles. The Hall–Kier alpha value is -2.78. The van der Waals surface area contributed by atoms with Crippen LogP contribution in [0.1, 0.15) is 105 Å². The van der Waals surface area contributed by atoms with Crippen molar-refractivity contribution in [3.05, 3.63) is 58.7 Å².